The number of nitrogens with zero attached hydrogens (tertiary/aromatic N) is 2. The normalized spacial score (nSPS) is 10.8. The Kier molecular flexibility index (Phi) is 3.36. The first-order valence-electron chi connectivity index (χ1n) is 6.59. The number of nitrogen functional groups attached to an aromatic ring is 1. The van der Waals surface area contributed by atoms with Crippen LogP contribution in [0.1, 0.15) is 11.1 Å². The Morgan fingerprint density at radius 2 is 1.62 bits per heavy atom. The highest BCUT2D eigenvalue weighted by Gasteiger charge is 2.01. The molecule has 0 aliphatic heterocycles. The highest BCUT2D eigenvalue weighted by molar-refractivity contribution is 6.01. The highest BCUT2D eigenvalue weighted by Crippen LogP contribution is 2.29. The average molecular weight is 271 g/mol. The van der Waals surface area contributed by atoms with Crippen molar-refractivity contribution in [1.82, 2.24) is 0 Å². The molecule has 2 N–H and O–H groups in total. The van der Waals surface area contributed by atoms with Gasteiger partial charge in [-0.15, -0.1) is 0 Å². The third-order valence-corrected chi connectivity index (χ3v) is 3.33. The zero-order chi connectivity index (χ0) is 14.7. The predicted octanol–water partition coefficient (Wildman–Crippen LogP) is 4.04. The Labute approximate surface area is 123 Å². The second-order valence-electron chi connectivity index (χ2n) is 4.71. The molecule has 3 rings (SSSR count). The summed E-state index contributed by atoms with van der Waals surface area (Å²) in [7, 11) is 0. The molecule has 0 radical (unpaired) electrons. The van der Waals surface area contributed by atoms with Crippen molar-refractivity contribution in [1.29, 1.82) is 5.26 Å². The maximum absolute atomic E-state index is 8.79. The van der Waals surface area contributed by atoms with Crippen LogP contribution in [-0.2, 0) is 0 Å². The fraction of sp³-hybridized carbons (Fsp3) is 0. The van der Waals surface area contributed by atoms with Gasteiger partial charge < -0.3 is 5.73 Å². The molecular weight excluding hydrogens is 258 g/mol. The third kappa shape index (κ3) is 2.60. The molecule has 0 bridgehead atoms. The van der Waals surface area contributed by atoms with Crippen molar-refractivity contribution in [3.8, 4) is 6.07 Å². The van der Waals surface area contributed by atoms with E-state index >= 15 is 0 Å². The van der Waals surface area contributed by atoms with E-state index in [1.165, 1.54) is 0 Å². The maximum Gasteiger partial charge on any atom is 0.0991 e. The zero-order valence-electron chi connectivity index (χ0n) is 11.3. The third-order valence-electron chi connectivity index (χ3n) is 3.33. The Balaban J connectivity index is 1.99. The van der Waals surface area contributed by atoms with Crippen LogP contribution in [0.2, 0.25) is 0 Å². The summed E-state index contributed by atoms with van der Waals surface area (Å²) < 4.78 is 0. The van der Waals surface area contributed by atoms with Gasteiger partial charge in [-0.2, -0.15) is 5.26 Å². The molecule has 0 spiro atoms. The summed E-state index contributed by atoms with van der Waals surface area (Å²) in [5, 5.41) is 10.8. The van der Waals surface area contributed by atoms with Crippen molar-refractivity contribution in [3.63, 3.8) is 0 Å². The van der Waals surface area contributed by atoms with E-state index in [0.29, 0.717) is 5.56 Å². The van der Waals surface area contributed by atoms with Crippen LogP contribution < -0.4 is 5.73 Å². The number of fused-ring (bicyclic) bond motifs is 1. The fourth-order valence-electron chi connectivity index (χ4n) is 2.21. The van der Waals surface area contributed by atoms with Crippen LogP contribution in [0.15, 0.2) is 65.7 Å². The fourth-order valence-corrected chi connectivity index (χ4v) is 2.21. The summed E-state index contributed by atoms with van der Waals surface area (Å²) >= 11 is 0. The van der Waals surface area contributed by atoms with Crippen LogP contribution in [-0.4, -0.2) is 6.21 Å². The second kappa shape index (κ2) is 5.48. The molecule has 0 atom stereocenters. The lowest BCUT2D eigenvalue weighted by molar-refractivity contribution is 1.48. The van der Waals surface area contributed by atoms with E-state index in [1.54, 1.807) is 18.3 Å². The minimum absolute atomic E-state index is 0.644. The van der Waals surface area contributed by atoms with Gasteiger partial charge in [-0.05, 0) is 29.8 Å². The molecule has 3 nitrogen and oxygen atoms in total. The van der Waals surface area contributed by atoms with Gasteiger partial charge in [-0.25, -0.2) is 0 Å². The van der Waals surface area contributed by atoms with E-state index in [-0.39, 0.29) is 0 Å². The number of hydrogen-bond donors (Lipinski definition) is 1. The monoisotopic (exact) mass is 271 g/mol. The SMILES string of the molecule is N#Cc1ccc(C=Nc2ccc(N)c3ccccc23)cc1. The molecule has 0 unspecified atom stereocenters. The number of anilines is 1. The van der Waals surface area contributed by atoms with Gasteiger partial charge in [0.2, 0.25) is 0 Å². The Hall–Kier alpha value is -3.12. The van der Waals surface area contributed by atoms with Crippen molar-refractivity contribution < 1.29 is 0 Å². The van der Waals surface area contributed by atoms with Crippen LogP contribution >= 0.6 is 0 Å². The molecule has 3 aromatic rings. The van der Waals surface area contributed by atoms with E-state index in [9.17, 15) is 0 Å². The van der Waals surface area contributed by atoms with E-state index in [0.717, 1.165) is 27.7 Å². The lowest BCUT2D eigenvalue weighted by atomic mass is 10.1. The second-order valence-corrected chi connectivity index (χ2v) is 4.71. The number of hydrogen-bond acceptors (Lipinski definition) is 3. The molecule has 3 aromatic carbocycles. The van der Waals surface area contributed by atoms with Crippen LogP contribution in [0.5, 0.6) is 0 Å². The first kappa shape index (κ1) is 12.9. The van der Waals surface area contributed by atoms with Gasteiger partial charge in [0, 0.05) is 22.7 Å². The molecule has 0 fully saturated rings. The van der Waals surface area contributed by atoms with Crippen LogP contribution in [0.4, 0.5) is 11.4 Å². The minimum atomic E-state index is 0.644. The molecule has 0 amide bonds. The quantitative estimate of drug-likeness (QED) is 0.564. The van der Waals surface area contributed by atoms with Gasteiger partial charge in [-0.1, -0.05) is 36.4 Å². The number of aliphatic imine (C=N–C) groups is 1. The average Bonchev–Trinajstić information content (AvgIpc) is 2.55. The summed E-state index contributed by atoms with van der Waals surface area (Å²) in [6, 6.07) is 21.1. The van der Waals surface area contributed by atoms with E-state index < -0.39 is 0 Å². The minimum Gasteiger partial charge on any atom is -0.398 e. The number of rotatable bonds is 2. The molecule has 0 aliphatic rings. The summed E-state index contributed by atoms with van der Waals surface area (Å²) in [5.74, 6) is 0. The van der Waals surface area contributed by atoms with Gasteiger partial charge in [0.25, 0.3) is 0 Å². The molecule has 0 saturated heterocycles. The topological polar surface area (TPSA) is 62.2 Å². The van der Waals surface area contributed by atoms with Crippen molar-refractivity contribution in [3.05, 3.63) is 71.8 Å². The zero-order valence-corrected chi connectivity index (χ0v) is 11.3. The van der Waals surface area contributed by atoms with Gasteiger partial charge in [0.15, 0.2) is 0 Å². The van der Waals surface area contributed by atoms with Crippen molar-refractivity contribution in [2.75, 3.05) is 5.73 Å². The van der Waals surface area contributed by atoms with Gasteiger partial charge in [0.1, 0.15) is 0 Å². The Bertz CT molecular complexity index is 856. The largest absolute Gasteiger partial charge is 0.398 e. The molecule has 100 valence electrons. The molecule has 0 heterocycles. The summed E-state index contributed by atoms with van der Waals surface area (Å²) in [6.07, 6.45) is 1.79. The van der Waals surface area contributed by atoms with Gasteiger partial charge in [0.05, 0.1) is 17.3 Å². The maximum atomic E-state index is 8.79. The van der Waals surface area contributed by atoms with Gasteiger partial charge >= 0.3 is 0 Å². The standard InChI is InChI=1S/C18H13N3/c19-11-13-5-7-14(8-6-13)12-21-18-10-9-17(20)15-3-1-2-4-16(15)18/h1-10,12H,20H2. The first-order chi connectivity index (χ1) is 10.3. The van der Waals surface area contributed by atoms with E-state index in [1.807, 2.05) is 48.5 Å². The van der Waals surface area contributed by atoms with Crippen LogP contribution in [0.25, 0.3) is 10.8 Å². The predicted molar refractivity (Wildman–Crippen MR) is 86.8 cm³/mol. The molecule has 0 aliphatic carbocycles. The molecule has 21 heavy (non-hydrogen) atoms. The number of nitrogens with two attached hydrogens (primary N) is 1. The smallest absolute Gasteiger partial charge is 0.0991 e. The molecule has 0 aromatic heterocycles. The Morgan fingerprint density at radius 1 is 0.905 bits per heavy atom. The lowest BCUT2D eigenvalue weighted by Gasteiger charge is -2.04. The lowest BCUT2D eigenvalue weighted by Crippen LogP contribution is -1.87. The first-order valence-corrected chi connectivity index (χ1v) is 6.59. The number of nitriles is 1. The van der Waals surface area contributed by atoms with E-state index in [2.05, 4.69) is 11.1 Å². The molecule has 3 heteroatoms. The number of benzene rings is 3. The summed E-state index contributed by atoms with van der Waals surface area (Å²) in [4.78, 5) is 4.54. The van der Waals surface area contributed by atoms with Crippen molar-refractivity contribution in [2.45, 2.75) is 0 Å². The summed E-state index contributed by atoms with van der Waals surface area (Å²) in [5.41, 5.74) is 9.21. The molecular formula is C18H13N3. The highest BCUT2D eigenvalue weighted by atomic mass is 14.7. The van der Waals surface area contributed by atoms with Crippen molar-refractivity contribution in [2.24, 2.45) is 4.99 Å². The summed E-state index contributed by atoms with van der Waals surface area (Å²) in [6.45, 7) is 0. The Morgan fingerprint density at radius 3 is 2.33 bits per heavy atom. The molecule has 0 saturated carbocycles. The van der Waals surface area contributed by atoms with Crippen LogP contribution in [0.3, 0.4) is 0 Å². The van der Waals surface area contributed by atoms with Crippen molar-refractivity contribution >= 4 is 28.4 Å². The van der Waals surface area contributed by atoms with Gasteiger partial charge in [-0.3, -0.25) is 4.99 Å². The van der Waals surface area contributed by atoms with Crippen LogP contribution in [0, 0.1) is 11.3 Å². The van der Waals surface area contributed by atoms with E-state index in [4.69, 9.17) is 11.0 Å².